The molecule has 1 aliphatic rings. The number of ether oxygens (including phenoxy) is 2. The largest absolute Gasteiger partial charge is 0.382 e. The van der Waals surface area contributed by atoms with Crippen molar-refractivity contribution >= 4 is 5.82 Å². The molecule has 1 saturated heterocycles. The van der Waals surface area contributed by atoms with E-state index < -0.39 is 0 Å². The lowest BCUT2D eigenvalue weighted by atomic mass is 10.3. The van der Waals surface area contributed by atoms with Crippen molar-refractivity contribution in [3.05, 3.63) is 18.2 Å². The van der Waals surface area contributed by atoms with Crippen molar-refractivity contribution in [1.29, 1.82) is 0 Å². The first-order chi connectivity index (χ1) is 8.84. The van der Waals surface area contributed by atoms with Gasteiger partial charge in [-0.3, -0.25) is 0 Å². The van der Waals surface area contributed by atoms with Gasteiger partial charge in [0.2, 0.25) is 5.82 Å². The predicted octanol–water partition coefficient (Wildman–Crippen LogP) is 0.197. The molecule has 0 bridgehead atoms. The molecule has 0 saturated carbocycles. The van der Waals surface area contributed by atoms with Gasteiger partial charge in [-0.25, -0.2) is 9.97 Å². The average molecular weight is 249 g/mol. The maximum Gasteiger partial charge on any atom is 0.280 e. The SMILES string of the molecule is Nc1nccnc1-c1nc(C2COCCO2)no1. The Hall–Kier alpha value is -2.06. The molecule has 8 heteroatoms. The summed E-state index contributed by atoms with van der Waals surface area (Å²) >= 11 is 0. The second-order valence-corrected chi connectivity index (χ2v) is 3.68. The minimum atomic E-state index is -0.311. The quantitative estimate of drug-likeness (QED) is 0.803. The van der Waals surface area contributed by atoms with Crippen LogP contribution in [0.15, 0.2) is 16.9 Å². The Bertz CT molecular complexity index is 538. The van der Waals surface area contributed by atoms with Crippen LogP contribution in [0.5, 0.6) is 0 Å². The van der Waals surface area contributed by atoms with E-state index in [0.29, 0.717) is 31.3 Å². The number of hydrogen-bond acceptors (Lipinski definition) is 8. The van der Waals surface area contributed by atoms with Crippen LogP contribution in [0, 0.1) is 0 Å². The lowest BCUT2D eigenvalue weighted by Crippen LogP contribution is -2.22. The van der Waals surface area contributed by atoms with E-state index in [0.717, 1.165) is 0 Å². The second kappa shape index (κ2) is 4.67. The van der Waals surface area contributed by atoms with Crippen LogP contribution in [0.25, 0.3) is 11.6 Å². The molecule has 3 heterocycles. The molecule has 18 heavy (non-hydrogen) atoms. The van der Waals surface area contributed by atoms with Gasteiger partial charge in [0.25, 0.3) is 5.89 Å². The van der Waals surface area contributed by atoms with Gasteiger partial charge >= 0.3 is 0 Å². The van der Waals surface area contributed by atoms with E-state index in [2.05, 4.69) is 20.1 Å². The number of nitrogen functional groups attached to an aromatic ring is 1. The number of hydrogen-bond donors (Lipinski definition) is 1. The topological polar surface area (TPSA) is 109 Å². The van der Waals surface area contributed by atoms with Crippen LogP contribution < -0.4 is 5.73 Å². The molecule has 0 aromatic carbocycles. The minimum absolute atomic E-state index is 0.227. The molecule has 8 nitrogen and oxygen atoms in total. The van der Waals surface area contributed by atoms with Gasteiger partial charge in [0.1, 0.15) is 6.10 Å². The van der Waals surface area contributed by atoms with Gasteiger partial charge in [-0.2, -0.15) is 4.98 Å². The molecule has 0 aliphatic carbocycles. The summed E-state index contributed by atoms with van der Waals surface area (Å²) in [5, 5.41) is 3.84. The molecule has 1 aliphatic heterocycles. The van der Waals surface area contributed by atoms with Crippen molar-refractivity contribution in [3.63, 3.8) is 0 Å². The Morgan fingerprint density at radius 1 is 1.22 bits per heavy atom. The summed E-state index contributed by atoms with van der Waals surface area (Å²) in [6.45, 7) is 1.51. The van der Waals surface area contributed by atoms with Crippen molar-refractivity contribution < 1.29 is 14.0 Å². The number of aromatic nitrogens is 4. The summed E-state index contributed by atoms with van der Waals surface area (Å²) in [6.07, 6.45) is 2.69. The van der Waals surface area contributed by atoms with E-state index in [1.165, 1.54) is 12.4 Å². The Balaban J connectivity index is 1.87. The van der Waals surface area contributed by atoms with Gasteiger partial charge in [0.05, 0.1) is 19.8 Å². The number of nitrogens with two attached hydrogens (primary N) is 1. The van der Waals surface area contributed by atoms with E-state index in [-0.39, 0.29) is 17.8 Å². The minimum Gasteiger partial charge on any atom is -0.382 e. The second-order valence-electron chi connectivity index (χ2n) is 3.68. The van der Waals surface area contributed by atoms with Crippen LogP contribution in [0.3, 0.4) is 0 Å². The van der Waals surface area contributed by atoms with Crippen LogP contribution in [0.2, 0.25) is 0 Å². The molecule has 3 rings (SSSR count). The van der Waals surface area contributed by atoms with E-state index in [4.69, 9.17) is 19.7 Å². The van der Waals surface area contributed by atoms with E-state index in [9.17, 15) is 0 Å². The third kappa shape index (κ3) is 2.03. The van der Waals surface area contributed by atoms with Crippen LogP contribution >= 0.6 is 0 Å². The highest BCUT2D eigenvalue weighted by molar-refractivity contribution is 5.61. The van der Waals surface area contributed by atoms with E-state index in [1.807, 2.05) is 0 Å². The van der Waals surface area contributed by atoms with E-state index in [1.54, 1.807) is 0 Å². The van der Waals surface area contributed by atoms with Crippen molar-refractivity contribution in [3.8, 4) is 11.6 Å². The van der Waals surface area contributed by atoms with Crippen molar-refractivity contribution in [1.82, 2.24) is 20.1 Å². The molecule has 94 valence electrons. The fourth-order valence-corrected chi connectivity index (χ4v) is 1.61. The van der Waals surface area contributed by atoms with Gasteiger partial charge in [0, 0.05) is 12.4 Å². The van der Waals surface area contributed by atoms with Crippen molar-refractivity contribution in [2.45, 2.75) is 6.10 Å². The zero-order valence-corrected chi connectivity index (χ0v) is 9.44. The summed E-state index contributed by atoms with van der Waals surface area (Å²) in [5.41, 5.74) is 6.05. The first-order valence-electron chi connectivity index (χ1n) is 5.44. The molecular formula is C10H11N5O3. The molecule has 2 aromatic heterocycles. The van der Waals surface area contributed by atoms with Gasteiger partial charge in [-0.05, 0) is 0 Å². The Labute approximate surface area is 102 Å². The first kappa shape index (κ1) is 11.1. The number of rotatable bonds is 2. The predicted molar refractivity (Wildman–Crippen MR) is 59.2 cm³/mol. The third-order valence-corrected chi connectivity index (χ3v) is 2.47. The Morgan fingerprint density at radius 2 is 2.11 bits per heavy atom. The highest BCUT2D eigenvalue weighted by Gasteiger charge is 2.23. The lowest BCUT2D eigenvalue weighted by molar-refractivity contribution is -0.0941. The molecule has 0 spiro atoms. The summed E-state index contributed by atoms with van der Waals surface area (Å²) in [6, 6.07) is 0. The monoisotopic (exact) mass is 249 g/mol. The summed E-state index contributed by atoms with van der Waals surface area (Å²) < 4.78 is 15.8. The maximum absolute atomic E-state index is 5.68. The van der Waals surface area contributed by atoms with Crippen LogP contribution in [-0.2, 0) is 9.47 Å². The maximum atomic E-state index is 5.68. The molecule has 1 unspecified atom stereocenters. The van der Waals surface area contributed by atoms with Crippen molar-refractivity contribution in [2.24, 2.45) is 0 Å². The highest BCUT2D eigenvalue weighted by atomic mass is 16.6. The molecule has 2 aromatic rings. The molecule has 0 radical (unpaired) electrons. The van der Waals surface area contributed by atoms with Gasteiger partial charge in [-0.1, -0.05) is 5.16 Å². The fourth-order valence-electron chi connectivity index (χ4n) is 1.61. The smallest absolute Gasteiger partial charge is 0.280 e. The molecule has 2 N–H and O–H groups in total. The molecule has 0 amide bonds. The molecule has 1 atom stereocenters. The zero-order chi connectivity index (χ0) is 12.4. The third-order valence-electron chi connectivity index (χ3n) is 2.47. The van der Waals surface area contributed by atoms with Crippen LogP contribution in [0.4, 0.5) is 5.82 Å². The van der Waals surface area contributed by atoms with Crippen molar-refractivity contribution in [2.75, 3.05) is 25.6 Å². The Kier molecular flexibility index (Phi) is 2.87. The van der Waals surface area contributed by atoms with Gasteiger partial charge in [0.15, 0.2) is 11.5 Å². The summed E-state index contributed by atoms with van der Waals surface area (Å²) in [4.78, 5) is 12.2. The zero-order valence-electron chi connectivity index (χ0n) is 9.44. The van der Waals surface area contributed by atoms with E-state index >= 15 is 0 Å². The van der Waals surface area contributed by atoms with Crippen LogP contribution in [0.1, 0.15) is 11.9 Å². The fraction of sp³-hybridized carbons (Fsp3) is 0.400. The summed E-state index contributed by atoms with van der Waals surface area (Å²) in [5.74, 6) is 0.896. The average Bonchev–Trinajstić information content (AvgIpc) is 2.90. The molecular weight excluding hydrogens is 238 g/mol. The van der Waals surface area contributed by atoms with Gasteiger partial charge in [-0.15, -0.1) is 0 Å². The molecule has 1 fully saturated rings. The lowest BCUT2D eigenvalue weighted by Gasteiger charge is -2.19. The highest BCUT2D eigenvalue weighted by Crippen LogP contribution is 2.23. The normalized spacial score (nSPS) is 19.9. The first-order valence-corrected chi connectivity index (χ1v) is 5.44. The van der Waals surface area contributed by atoms with Gasteiger partial charge < -0.3 is 19.7 Å². The number of anilines is 1. The summed E-state index contributed by atoms with van der Waals surface area (Å²) in [7, 11) is 0. The Morgan fingerprint density at radius 3 is 2.89 bits per heavy atom. The number of nitrogens with zero attached hydrogens (tertiary/aromatic N) is 4. The van der Waals surface area contributed by atoms with Crippen LogP contribution in [-0.4, -0.2) is 39.9 Å². The standard InChI is InChI=1S/C10H11N5O3/c11-8-7(12-1-2-13-8)10-14-9(15-18-10)6-5-16-3-4-17-6/h1-2,6H,3-5H2,(H2,11,13).